The number of aromatic nitrogens is 1. The average Bonchev–Trinajstić information content (AvgIpc) is 2.63. The molecule has 0 fully saturated rings. The Morgan fingerprint density at radius 1 is 1.26 bits per heavy atom. The third kappa shape index (κ3) is 4.70. The molecule has 0 atom stereocenters. The van der Waals surface area contributed by atoms with E-state index in [0.29, 0.717) is 6.54 Å². The standard InChI is InChI=1S/C18H19N5O4/c1-20(2)15-6-4-13(5-7-15)10-21(3)17(24)12-22-11-16(23(26)27)8-14(9-19)18(22)25/h4-8,11H,10,12H2,1-3H3. The van der Waals surface area contributed by atoms with Crippen LogP contribution in [0.2, 0.25) is 0 Å². The Labute approximate surface area is 155 Å². The number of pyridine rings is 1. The summed E-state index contributed by atoms with van der Waals surface area (Å²) in [5.41, 5.74) is 0.403. The first-order valence-electron chi connectivity index (χ1n) is 8.02. The van der Waals surface area contributed by atoms with Gasteiger partial charge in [0, 0.05) is 39.4 Å². The third-order valence-electron chi connectivity index (χ3n) is 4.01. The Hall–Kier alpha value is -3.67. The van der Waals surface area contributed by atoms with Crippen LogP contribution in [0.3, 0.4) is 0 Å². The van der Waals surface area contributed by atoms with Gasteiger partial charge in [-0.3, -0.25) is 24.3 Å². The number of nitrogens with zero attached hydrogens (tertiary/aromatic N) is 5. The van der Waals surface area contributed by atoms with Crippen molar-refractivity contribution in [3.63, 3.8) is 0 Å². The van der Waals surface area contributed by atoms with E-state index >= 15 is 0 Å². The number of carbonyl (C=O) groups is 1. The molecule has 0 spiro atoms. The third-order valence-corrected chi connectivity index (χ3v) is 4.01. The van der Waals surface area contributed by atoms with Crippen LogP contribution in [0, 0.1) is 21.4 Å². The topological polar surface area (TPSA) is 112 Å². The summed E-state index contributed by atoms with van der Waals surface area (Å²) in [5, 5.41) is 19.9. The molecule has 27 heavy (non-hydrogen) atoms. The Morgan fingerprint density at radius 2 is 1.89 bits per heavy atom. The molecular weight excluding hydrogens is 350 g/mol. The van der Waals surface area contributed by atoms with E-state index in [0.717, 1.165) is 28.1 Å². The van der Waals surface area contributed by atoms with Gasteiger partial charge in [-0.2, -0.15) is 5.26 Å². The predicted octanol–water partition coefficient (Wildman–Crippen LogP) is 1.35. The number of hydrogen-bond acceptors (Lipinski definition) is 6. The van der Waals surface area contributed by atoms with Gasteiger partial charge in [-0.25, -0.2) is 0 Å². The Bertz CT molecular complexity index is 957. The zero-order valence-corrected chi connectivity index (χ0v) is 15.2. The van der Waals surface area contributed by atoms with Gasteiger partial charge in [0.05, 0.1) is 11.1 Å². The van der Waals surface area contributed by atoms with Gasteiger partial charge in [-0.1, -0.05) is 12.1 Å². The molecule has 1 aromatic carbocycles. The number of likely N-dealkylation sites (N-methyl/N-ethyl adjacent to an activating group) is 1. The molecule has 1 amide bonds. The zero-order chi connectivity index (χ0) is 20.1. The van der Waals surface area contributed by atoms with Crippen molar-refractivity contribution in [2.45, 2.75) is 13.1 Å². The molecule has 1 heterocycles. The van der Waals surface area contributed by atoms with Crippen LogP contribution in [-0.4, -0.2) is 41.4 Å². The van der Waals surface area contributed by atoms with Crippen LogP contribution in [-0.2, 0) is 17.9 Å². The van der Waals surface area contributed by atoms with E-state index in [9.17, 15) is 19.7 Å². The maximum atomic E-state index is 12.4. The van der Waals surface area contributed by atoms with Crippen LogP contribution in [0.25, 0.3) is 0 Å². The molecule has 140 valence electrons. The van der Waals surface area contributed by atoms with Gasteiger partial charge < -0.3 is 9.80 Å². The van der Waals surface area contributed by atoms with Gasteiger partial charge in [0.15, 0.2) is 0 Å². The van der Waals surface area contributed by atoms with Crippen LogP contribution >= 0.6 is 0 Å². The summed E-state index contributed by atoms with van der Waals surface area (Å²) in [6.45, 7) is -0.0667. The van der Waals surface area contributed by atoms with Gasteiger partial charge in [0.25, 0.3) is 11.2 Å². The van der Waals surface area contributed by atoms with Crippen molar-refractivity contribution in [2.75, 3.05) is 26.0 Å². The Balaban J connectivity index is 2.16. The zero-order valence-electron chi connectivity index (χ0n) is 15.2. The molecule has 1 aromatic heterocycles. The Kier molecular flexibility index (Phi) is 5.92. The van der Waals surface area contributed by atoms with Gasteiger partial charge in [0.2, 0.25) is 5.91 Å². The smallest absolute Gasteiger partial charge is 0.287 e. The second kappa shape index (κ2) is 8.14. The van der Waals surface area contributed by atoms with Gasteiger partial charge in [-0.15, -0.1) is 0 Å². The van der Waals surface area contributed by atoms with Crippen molar-refractivity contribution in [1.29, 1.82) is 5.26 Å². The number of rotatable bonds is 6. The summed E-state index contributed by atoms with van der Waals surface area (Å²) < 4.78 is 0.894. The molecule has 0 radical (unpaired) electrons. The number of nitro groups is 1. The summed E-state index contributed by atoms with van der Waals surface area (Å²) in [6.07, 6.45) is 0.973. The highest BCUT2D eigenvalue weighted by Crippen LogP contribution is 2.14. The summed E-state index contributed by atoms with van der Waals surface area (Å²) in [4.78, 5) is 38.2. The minimum absolute atomic E-state index is 0.321. The van der Waals surface area contributed by atoms with Crippen LogP contribution in [0.1, 0.15) is 11.1 Å². The predicted molar refractivity (Wildman–Crippen MR) is 99.3 cm³/mol. The molecule has 0 saturated carbocycles. The maximum Gasteiger partial charge on any atom is 0.287 e. The molecule has 0 saturated heterocycles. The van der Waals surface area contributed by atoms with Gasteiger partial charge in [-0.05, 0) is 17.7 Å². The molecule has 0 N–H and O–H groups in total. The molecule has 0 aliphatic carbocycles. The van der Waals surface area contributed by atoms with E-state index < -0.39 is 22.1 Å². The highest BCUT2D eigenvalue weighted by Gasteiger charge is 2.17. The monoisotopic (exact) mass is 369 g/mol. The van der Waals surface area contributed by atoms with Crippen molar-refractivity contribution in [3.8, 4) is 6.07 Å². The Morgan fingerprint density at radius 3 is 2.41 bits per heavy atom. The molecule has 0 unspecified atom stereocenters. The number of benzene rings is 1. The highest BCUT2D eigenvalue weighted by molar-refractivity contribution is 5.75. The molecule has 2 rings (SSSR count). The van der Waals surface area contributed by atoms with Gasteiger partial charge >= 0.3 is 0 Å². The summed E-state index contributed by atoms with van der Waals surface area (Å²) >= 11 is 0. The fraction of sp³-hybridized carbons (Fsp3) is 0.278. The average molecular weight is 369 g/mol. The SMILES string of the molecule is CN(Cc1ccc(N(C)C)cc1)C(=O)Cn1cc([N+](=O)[O-])cc(C#N)c1=O. The first-order chi connectivity index (χ1) is 12.7. The summed E-state index contributed by atoms with van der Waals surface area (Å²) in [7, 11) is 5.43. The lowest BCUT2D eigenvalue weighted by Gasteiger charge is -2.19. The van der Waals surface area contributed by atoms with E-state index in [4.69, 9.17) is 5.26 Å². The molecule has 9 heteroatoms. The van der Waals surface area contributed by atoms with Crippen molar-refractivity contribution in [2.24, 2.45) is 0 Å². The first kappa shape index (κ1) is 19.7. The molecule has 0 aliphatic heterocycles. The largest absolute Gasteiger partial charge is 0.378 e. The fourth-order valence-electron chi connectivity index (χ4n) is 2.45. The number of amides is 1. The van der Waals surface area contributed by atoms with E-state index in [1.54, 1.807) is 13.1 Å². The molecule has 9 nitrogen and oxygen atoms in total. The van der Waals surface area contributed by atoms with Crippen LogP contribution in [0.15, 0.2) is 41.3 Å². The van der Waals surface area contributed by atoms with Crippen molar-refractivity contribution in [1.82, 2.24) is 9.47 Å². The number of nitriles is 1. The molecule has 0 aliphatic rings. The number of hydrogen-bond donors (Lipinski definition) is 0. The quantitative estimate of drug-likeness (QED) is 0.561. The van der Waals surface area contributed by atoms with Crippen molar-refractivity contribution < 1.29 is 9.72 Å². The lowest BCUT2D eigenvalue weighted by Crippen LogP contribution is -2.34. The van der Waals surface area contributed by atoms with Crippen LogP contribution < -0.4 is 10.5 Å². The summed E-state index contributed by atoms with van der Waals surface area (Å²) in [5.74, 6) is -0.404. The normalized spacial score (nSPS) is 10.1. The van der Waals surface area contributed by atoms with Crippen molar-refractivity contribution in [3.05, 3.63) is 68.1 Å². The van der Waals surface area contributed by atoms with Crippen LogP contribution in [0.4, 0.5) is 11.4 Å². The fourth-order valence-corrected chi connectivity index (χ4v) is 2.45. The molecule has 0 bridgehead atoms. The van der Waals surface area contributed by atoms with E-state index in [-0.39, 0.29) is 12.1 Å². The number of carbonyl (C=O) groups excluding carboxylic acids is 1. The minimum atomic E-state index is -0.736. The van der Waals surface area contributed by atoms with E-state index in [1.807, 2.05) is 43.3 Å². The lowest BCUT2D eigenvalue weighted by molar-refractivity contribution is -0.385. The maximum absolute atomic E-state index is 12.4. The highest BCUT2D eigenvalue weighted by atomic mass is 16.6. The van der Waals surface area contributed by atoms with Crippen molar-refractivity contribution >= 4 is 17.3 Å². The summed E-state index contributed by atoms with van der Waals surface area (Å²) in [6, 6.07) is 10.2. The second-order valence-corrected chi connectivity index (χ2v) is 6.22. The minimum Gasteiger partial charge on any atom is -0.378 e. The lowest BCUT2D eigenvalue weighted by atomic mass is 10.2. The molecule has 2 aromatic rings. The second-order valence-electron chi connectivity index (χ2n) is 6.22. The van der Waals surface area contributed by atoms with Gasteiger partial charge in [0.1, 0.15) is 18.2 Å². The van der Waals surface area contributed by atoms with E-state index in [2.05, 4.69) is 0 Å². The first-order valence-corrected chi connectivity index (χ1v) is 8.02. The van der Waals surface area contributed by atoms with Crippen LogP contribution in [0.5, 0.6) is 0 Å². The molecular formula is C18H19N5O4. The number of anilines is 1. The van der Waals surface area contributed by atoms with E-state index in [1.165, 1.54) is 4.90 Å².